The SMILES string of the molecule is CCCCCN=C(NCC)NCCc1ccc(OC)c(OC)c1OC. The second-order valence-corrected chi connectivity index (χ2v) is 5.64. The molecule has 0 bridgehead atoms. The molecule has 142 valence electrons. The minimum Gasteiger partial charge on any atom is -0.493 e. The molecule has 0 saturated carbocycles. The zero-order valence-electron chi connectivity index (χ0n) is 16.3. The van der Waals surface area contributed by atoms with Gasteiger partial charge in [-0.05, 0) is 25.8 Å². The second-order valence-electron chi connectivity index (χ2n) is 5.64. The fourth-order valence-electron chi connectivity index (χ4n) is 2.57. The molecule has 0 heterocycles. The molecule has 0 fully saturated rings. The van der Waals surface area contributed by atoms with Gasteiger partial charge in [0.05, 0.1) is 21.3 Å². The van der Waals surface area contributed by atoms with Crippen LogP contribution in [0.5, 0.6) is 17.2 Å². The lowest BCUT2D eigenvalue weighted by Crippen LogP contribution is -2.38. The Labute approximate surface area is 152 Å². The molecular formula is C19H33N3O3. The van der Waals surface area contributed by atoms with E-state index in [2.05, 4.69) is 29.5 Å². The summed E-state index contributed by atoms with van der Waals surface area (Å²) >= 11 is 0. The maximum Gasteiger partial charge on any atom is 0.203 e. The third-order valence-corrected chi connectivity index (χ3v) is 3.85. The van der Waals surface area contributed by atoms with E-state index >= 15 is 0 Å². The third kappa shape index (κ3) is 6.72. The Morgan fingerprint density at radius 2 is 1.72 bits per heavy atom. The number of methoxy groups -OCH3 is 3. The molecule has 0 amide bonds. The number of unbranched alkanes of at least 4 members (excludes halogenated alkanes) is 2. The van der Waals surface area contributed by atoms with Crippen LogP contribution in [-0.2, 0) is 6.42 Å². The van der Waals surface area contributed by atoms with Crippen molar-refractivity contribution < 1.29 is 14.2 Å². The number of rotatable bonds is 11. The van der Waals surface area contributed by atoms with Crippen LogP contribution in [0.3, 0.4) is 0 Å². The standard InChI is InChI=1S/C19H33N3O3/c1-6-8-9-13-21-19(20-7-2)22-14-12-15-10-11-16(23-3)18(25-5)17(15)24-4/h10-11H,6-9,12-14H2,1-5H3,(H2,20,21,22). The fourth-order valence-corrected chi connectivity index (χ4v) is 2.57. The van der Waals surface area contributed by atoms with Gasteiger partial charge in [-0.3, -0.25) is 4.99 Å². The predicted octanol–water partition coefficient (Wildman–Crippen LogP) is 3.00. The van der Waals surface area contributed by atoms with Gasteiger partial charge in [-0.2, -0.15) is 0 Å². The summed E-state index contributed by atoms with van der Waals surface area (Å²) in [5.74, 6) is 2.87. The Bertz CT molecular complexity index is 533. The van der Waals surface area contributed by atoms with Crippen LogP contribution in [0.2, 0.25) is 0 Å². The molecule has 6 heteroatoms. The Morgan fingerprint density at radius 1 is 0.960 bits per heavy atom. The van der Waals surface area contributed by atoms with E-state index in [1.54, 1.807) is 21.3 Å². The summed E-state index contributed by atoms with van der Waals surface area (Å²) in [6.45, 7) is 6.72. The number of nitrogens with zero attached hydrogens (tertiary/aromatic N) is 1. The Morgan fingerprint density at radius 3 is 2.32 bits per heavy atom. The van der Waals surface area contributed by atoms with Crippen LogP contribution in [0.15, 0.2) is 17.1 Å². The van der Waals surface area contributed by atoms with Crippen LogP contribution >= 0.6 is 0 Å². The number of ether oxygens (including phenoxy) is 3. The highest BCUT2D eigenvalue weighted by atomic mass is 16.5. The van der Waals surface area contributed by atoms with Gasteiger partial charge in [-0.25, -0.2) is 0 Å². The molecule has 1 aromatic carbocycles. The summed E-state index contributed by atoms with van der Waals surface area (Å²) in [7, 11) is 4.89. The minimum absolute atomic E-state index is 0.627. The molecule has 1 aromatic rings. The van der Waals surface area contributed by atoms with Gasteiger partial charge in [0, 0.05) is 25.2 Å². The molecule has 6 nitrogen and oxygen atoms in total. The van der Waals surface area contributed by atoms with Crippen molar-refractivity contribution in [3.63, 3.8) is 0 Å². The highest BCUT2D eigenvalue weighted by Crippen LogP contribution is 2.39. The Kier molecular flexibility index (Phi) is 10.3. The summed E-state index contributed by atoms with van der Waals surface area (Å²) < 4.78 is 16.3. The van der Waals surface area contributed by atoms with E-state index in [1.807, 2.05) is 12.1 Å². The molecule has 0 radical (unpaired) electrons. The first-order valence-electron chi connectivity index (χ1n) is 9.01. The van der Waals surface area contributed by atoms with Crippen molar-refractivity contribution in [2.24, 2.45) is 4.99 Å². The Hall–Kier alpha value is -2.11. The predicted molar refractivity (Wildman–Crippen MR) is 103 cm³/mol. The largest absolute Gasteiger partial charge is 0.493 e. The van der Waals surface area contributed by atoms with Gasteiger partial charge in [-0.15, -0.1) is 0 Å². The van der Waals surface area contributed by atoms with Crippen LogP contribution in [0.4, 0.5) is 0 Å². The van der Waals surface area contributed by atoms with Crippen LogP contribution in [0.25, 0.3) is 0 Å². The average Bonchev–Trinajstić information content (AvgIpc) is 2.64. The van der Waals surface area contributed by atoms with Crippen molar-refractivity contribution in [1.82, 2.24) is 10.6 Å². The highest BCUT2D eigenvalue weighted by molar-refractivity contribution is 5.79. The maximum atomic E-state index is 5.53. The topological polar surface area (TPSA) is 64.1 Å². The van der Waals surface area contributed by atoms with Gasteiger partial charge in [0.15, 0.2) is 17.5 Å². The van der Waals surface area contributed by atoms with Gasteiger partial charge in [0.25, 0.3) is 0 Å². The van der Waals surface area contributed by atoms with Crippen LogP contribution in [0, 0.1) is 0 Å². The van der Waals surface area contributed by atoms with E-state index in [1.165, 1.54) is 12.8 Å². The average molecular weight is 351 g/mol. The normalized spacial score (nSPS) is 11.2. The molecular weight excluding hydrogens is 318 g/mol. The van der Waals surface area contributed by atoms with E-state index in [9.17, 15) is 0 Å². The van der Waals surface area contributed by atoms with Gasteiger partial charge >= 0.3 is 0 Å². The molecule has 0 saturated heterocycles. The van der Waals surface area contributed by atoms with Crippen molar-refractivity contribution in [2.75, 3.05) is 41.0 Å². The fraction of sp³-hybridized carbons (Fsp3) is 0.632. The lowest BCUT2D eigenvalue weighted by Gasteiger charge is -2.16. The zero-order chi connectivity index (χ0) is 18.5. The highest BCUT2D eigenvalue weighted by Gasteiger charge is 2.15. The van der Waals surface area contributed by atoms with Gasteiger partial charge in [0.1, 0.15) is 0 Å². The van der Waals surface area contributed by atoms with Crippen molar-refractivity contribution in [1.29, 1.82) is 0 Å². The molecule has 0 aliphatic heterocycles. The molecule has 2 N–H and O–H groups in total. The lowest BCUT2D eigenvalue weighted by atomic mass is 10.1. The number of hydrogen-bond donors (Lipinski definition) is 2. The summed E-state index contributed by atoms with van der Waals surface area (Å²) in [6.07, 6.45) is 4.34. The van der Waals surface area contributed by atoms with E-state index in [0.717, 1.165) is 44.0 Å². The number of guanidine groups is 1. The first kappa shape index (κ1) is 20.9. The summed E-state index contributed by atoms with van der Waals surface area (Å²) in [5.41, 5.74) is 1.06. The van der Waals surface area contributed by atoms with E-state index in [-0.39, 0.29) is 0 Å². The molecule has 0 aliphatic rings. The van der Waals surface area contributed by atoms with E-state index in [0.29, 0.717) is 17.2 Å². The number of benzene rings is 1. The van der Waals surface area contributed by atoms with Gasteiger partial charge < -0.3 is 24.8 Å². The van der Waals surface area contributed by atoms with Crippen molar-refractivity contribution in [3.8, 4) is 17.2 Å². The molecule has 0 atom stereocenters. The van der Waals surface area contributed by atoms with Gasteiger partial charge in [0.2, 0.25) is 5.75 Å². The summed E-state index contributed by atoms with van der Waals surface area (Å²) in [5, 5.41) is 6.65. The number of aliphatic imine (C=N–C) groups is 1. The first-order valence-corrected chi connectivity index (χ1v) is 9.01. The molecule has 0 spiro atoms. The van der Waals surface area contributed by atoms with Crippen LogP contribution in [-0.4, -0.2) is 46.9 Å². The second kappa shape index (κ2) is 12.3. The number of hydrogen-bond acceptors (Lipinski definition) is 4. The van der Waals surface area contributed by atoms with Gasteiger partial charge in [-0.1, -0.05) is 25.8 Å². The van der Waals surface area contributed by atoms with E-state index in [4.69, 9.17) is 14.2 Å². The zero-order valence-corrected chi connectivity index (χ0v) is 16.3. The van der Waals surface area contributed by atoms with Crippen LogP contribution < -0.4 is 24.8 Å². The van der Waals surface area contributed by atoms with E-state index < -0.39 is 0 Å². The third-order valence-electron chi connectivity index (χ3n) is 3.85. The van der Waals surface area contributed by atoms with Crippen molar-refractivity contribution in [3.05, 3.63) is 17.7 Å². The summed E-state index contributed by atoms with van der Waals surface area (Å²) in [4.78, 5) is 4.60. The molecule has 25 heavy (non-hydrogen) atoms. The quantitative estimate of drug-likeness (QED) is 0.364. The maximum absolute atomic E-state index is 5.53. The molecule has 0 unspecified atom stereocenters. The van der Waals surface area contributed by atoms with Crippen molar-refractivity contribution in [2.45, 2.75) is 39.5 Å². The molecule has 1 rings (SSSR count). The molecule has 0 aromatic heterocycles. The monoisotopic (exact) mass is 351 g/mol. The first-order chi connectivity index (χ1) is 12.2. The number of nitrogens with one attached hydrogen (secondary N) is 2. The van der Waals surface area contributed by atoms with Crippen molar-refractivity contribution >= 4 is 5.96 Å². The minimum atomic E-state index is 0.627. The molecule has 0 aliphatic carbocycles. The Balaban J connectivity index is 2.69. The lowest BCUT2D eigenvalue weighted by molar-refractivity contribution is 0.322. The van der Waals surface area contributed by atoms with Crippen LogP contribution in [0.1, 0.15) is 38.7 Å². The smallest absolute Gasteiger partial charge is 0.203 e. The summed E-state index contributed by atoms with van der Waals surface area (Å²) in [6, 6.07) is 3.91.